The molecule has 0 atom stereocenters. The van der Waals surface area contributed by atoms with Crippen LogP contribution in [-0.2, 0) is 6.54 Å². The van der Waals surface area contributed by atoms with Gasteiger partial charge in [-0.2, -0.15) is 0 Å². The number of allylic oxidation sites excluding steroid dienone is 2. The molecule has 0 aliphatic heterocycles. The first-order chi connectivity index (χ1) is 9.00. The van der Waals surface area contributed by atoms with Gasteiger partial charge in [0.25, 0.3) is 0 Å². The lowest BCUT2D eigenvalue weighted by molar-refractivity contribution is 0.101. The second-order valence-electron chi connectivity index (χ2n) is 4.80. The van der Waals surface area contributed by atoms with E-state index in [2.05, 4.69) is 6.08 Å². The molecule has 0 saturated heterocycles. The van der Waals surface area contributed by atoms with E-state index in [1.54, 1.807) is 22.8 Å². The van der Waals surface area contributed by atoms with E-state index in [-0.39, 0.29) is 5.78 Å². The molecule has 4 heteroatoms. The van der Waals surface area contributed by atoms with Gasteiger partial charge in [-0.05, 0) is 39.3 Å². The van der Waals surface area contributed by atoms with Crippen LogP contribution in [0.5, 0.6) is 0 Å². The highest BCUT2D eigenvalue weighted by Crippen LogP contribution is 2.18. The SMILES string of the molecule is CC(=O)c1cccc2c1oc(=O)n2CCC=C(C)C. The van der Waals surface area contributed by atoms with Gasteiger partial charge in [-0.1, -0.05) is 17.7 Å². The summed E-state index contributed by atoms with van der Waals surface area (Å²) in [6.07, 6.45) is 2.83. The van der Waals surface area contributed by atoms with Crippen LogP contribution in [0.1, 0.15) is 37.6 Å². The maximum Gasteiger partial charge on any atom is 0.419 e. The summed E-state index contributed by atoms with van der Waals surface area (Å²) in [6, 6.07) is 5.24. The predicted octanol–water partition coefficient (Wildman–Crippen LogP) is 3.15. The summed E-state index contributed by atoms with van der Waals surface area (Å²) >= 11 is 0. The van der Waals surface area contributed by atoms with E-state index in [0.29, 0.717) is 23.2 Å². The Labute approximate surface area is 111 Å². The molecule has 0 amide bonds. The van der Waals surface area contributed by atoms with Crippen molar-refractivity contribution < 1.29 is 9.21 Å². The molecule has 0 spiro atoms. The smallest absolute Gasteiger partial charge is 0.407 e. The third-order valence-corrected chi connectivity index (χ3v) is 2.98. The summed E-state index contributed by atoms with van der Waals surface area (Å²) in [7, 11) is 0. The molecule has 4 nitrogen and oxygen atoms in total. The molecular weight excluding hydrogens is 242 g/mol. The number of rotatable bonds is 4. The Bertz CT molecular complexity index is 700. The predicted molar refractivity (Wildman–Crippen MR) is 74.5 cm³/mol. The molecule has 0 aliphatic carbocycles. The van der Waals surface area contributed by atoms with Gasteiger partial charge in [-0.3, -0.25) is 9.36 Å². The first-order valence-electron chi connectivity index (χ1n) is 6.27. The number of hydrogen-bond acceptors (Lipinski definition) is 3. The van der Waals surface area contributed by atoms with Crippen LogP contribution in [0, 0.1) is 0 Å². The highest BCUT2D eigenvalue weighted by atomic mass is 16.4. The lowest BCUT2D eigenvalue weighted by Crippen LogP contribution is -2.13. The number of hydrogen-bond donors (Lipinski definition) is 0. The molecule has 2 rings (SSSR count). The fraction of sp³-hybridized carbons (Fsp3) is 0.333. The summed E-state index contributed by atoms with van der Waals surface area (Å²) < 4.78 is 6.79. The standard InChI is InChI=1S/C15H17NO3/c1-10(2)6-5-9-16-13-8-4-7-12(11(3)17)14(13)19-15(16)18/h4,6-8H,5,9H2,1-3H3. The largest absolute Gasteiger partial charge is 0.419 e. The van der Waals surface area contributed by atoms with E-state index in [0.717, 1.165) is 6.42 Å². The molecule has 0 bridgehead atoms. The monoisotopic (exact) mass is 259 g/mol. The van der Waals surface area contributed by atoms with Crippen LogP contribution in [0.25, 0.3) is 11.1 Å². The fourth-order valence-electron chi connectivity index (χ4n) is 2.06. The van der Waals surface area contributed by atoms with Gasteiger partial charge in [0.1, 0.15) is 0 Å². The van der Waals surface area contributed by atoms with Crippen LogP contribution in [0.4, 0.5) is 0 Å². The van der Waals surface area contributed by atoms with Crippen molar-refractivity contribution in [3.05, 3.63) is 46.0 Å². The van der Waals surface area contributed by atoms with Gasteiger partial charge in [-0.15, -0.1) is 0 Å². The quantitative estimate of drug-likeness (QED) is 0.626. The number of carbonyl (C=O) groups is 1. The van der Waals surface area contributed by atoms with Crippen molar-refractivity contribution in [3.8, 4) is 0 Å². The number of oxazole rings is 1. The maximum atomic E-state index is 11.9. The zero-order valence-corrected chi connectivity index (χ0v) is 11.4. The number of benzene rings is 1. The third kappa shape index (κ3) is 2.67. The molecule has 1 heterocycles. The van der Waals surface area contributed by atoms with Crippen molar-refractivity contribution >= 4 is 16.9 Å². The molecular formula is C15H17NO3. The van der Waals surface area contributed by atoms with E-state index < -0.39 is 5.76 Å². The van der Waals surface area contributed by atoms with Gasteiger partial charge in [0, 0.05) is 6.54 Å². The van der Waals surface area contributed by atoms with Crippen LogP contribution in [0.15, 0.2) is 39.1 Å². The van der Waals surface area contributed by atoms with Crippen LogP contribution in [0.2, 0.25) is 0 Å². The first kappa shape index (κ1) is 13.3. The van der Waals surface area contributed by atoms with Crippen molar-refractivity contribution in [1.82, 2.24) is 4.57 Å². The van der Waals surface area contributed by atoms with E-state index in [9.17, 15) is 9.59 Å². The second kappa shape index (κ2) is 5.26. The Kier molecular flexibility index (Phi) is 3.69. The van der Waals surface area contributed by atoms with E-state index in [1.165, 1.54) is 12.5 Å². The van der Waals surface area contributed by atoms with Gasteiger partial charge < -0.3 is 4.42 Å². The van der Waals surface area contributed by atoms with Gasteiger partial charge in [0.05, 0.1) is 11.1 Å². The van der Waals surface area contributed by atoms with E-state index >= 15 is 0 Å². The number of aryl methyl sites for hydroxylation is 1. The number of para-hydroxylation sites is 1. The third-order valence-electron chi connectivity index (χ3n) is 2.98. The van der Waals surface area contributed by atoms with Crippen LogP contribution >= 0.6 is 0 Å². The summed E-state index contributed by atoms with van der Waals surface area (Å²) in [4.78, 5) is 23.4. The number of aromatic nitrogens is 1. The number of Topliss-reactive ketones (excluding diaryl/α,β-unsaturated/α-hetero) is 1. The van der Waals surface area contributed by atoms with Gasteiger partial charge >= 0.3 is 5.76 Å². The minimum absolute atomic E-state index is 0.101. The van der Waals surface area contributed by atoms with Crippen LogP contribution < -0.4 is 5.76 Å². The highest BCUT2D eigenvalue weighted by Gasteiger charge is 2.14. The fourth-order valence-corrected chi connectivity index (χ4v) is 2.06. The molecule has 2 aromatic rings. The van der Waals surface area contributed by atoms with Gasteiger partial charge in [-0.25, -0.2) is 4.79 Å². The first-order valence-corrected chi connectivity index (χ1v) is 6.27. The lowest BCUT2D eigenvalue weighted by Gasteiger charge is -2.00. The van der Waals surface area contributed by atoms with Gasteiger partial charge in [0.15, 0.2) is 11.4 Å². The molecule has 0 saturated carbocycles. The molecule has 1 aromatic heterocycles. The average molecular weight is 259 g/mol. The molecule has 19 heavy (non-hydrogen) atoms. The van der Waals surface area contributed by atoms with Crippen LogP contribution in [0.3, 0.4) is 0 Å². The van der Waals surface area contributed by atoms with Crippen LogP contribution in [-0.4, -0.2) is 10.4 Å². The number of nitrogens with zero attached hydrogens (tertiary/aromatic N) is 1. The minimum Gasteiger partial charge on any atom is -0.407 e. The molecule has 100 valence electrons. The van der Waals surface area contributed by atoms with Crippen molar-refractivity contribution in [2.75, 3.05) is 0 Å². The highest BCUT2D eigenvalue weighted by molar-refractivity contribution is 6.04. The molecule has 0 aliphatic rings. The maximum absolute atomic E-state index is 11.9. The Morgan fingerprint density at radius 2 is 2.05 bits per heavy atom. The Hall–Kier alpha value is -2.10. The average Bonchev–Trinajstić information content (AvgIpc) is 2.65. The Morgan fingerprint density at radius 3 is 2.68 bits per heavy atom. The Balaban J connectivity index is 2.48. The Morgan fingerprint density at radius 1 is 1.32 bits per heavy atom. The number of ketones is 1. The van der Waals surface area contributed by atoms with Crippen molar-refractivity contribution in [2.24, 2.45) is 0 Å². The zero-order valence-electron chi connectivity index (χ0n) is 11.4. The molecule has 0 radical (unpaired) electrons. The molecule has 0 N–H and O–H groups in total. The van der Waals surface area contributed by atoms with E-state index in [1.807, 2.05) is 13.8 Å². The second-order valence-corrected chi connectivity index (χ2v) is 4.80. The topological polar surface area (TPSA) is 52.2 Å². The summed E-state index contributed by atoms with van der Waals surface area (Å²) in [5, 5.41) is 0. The molecule has 0 unspecified atom stereocenters. The van der Waals surface area contributed by atoms with Crippen molar-refractivity contribution in [2.45, 2.75) is 33.7 Å². The van der Waals surface area contributed by atoms with Gasteiger partial charge in [0.2, 0.25) is 0 Å². The number of fused-ring (bicyclic) bond motifs is 1. The van der Waals surface area contributed by atoms with Crippen molar-refractivity contribution in [3.63, 3.8) is 0 Å². The van der Waals surface area contributed by atoms with E-state index in [4.69, 9.17) is 4.42 Å². The number of carbonyl (C=O) groups excluding carboxylic acids is 1. The minimum atomic E-state index is -0.411. The summed E-state index contributed by atoms with van der Waals surface area (Å²) in [5.74, 6) is -0.512. The lowest BCUT2D eigenvalue weighted by atomic mass is 10.1. The summed E-state index contributed by atoms with van der Waals surface area (Å²) in [5.41, 5.74) is 2.73. The van der Waals surface area contributed by atoms with Crippen molar-refractivity contribution in [1.29, 1.82) is 0 Å². The normalized spacial score (nSPS) is 10.7. The zero-order chi connectivity index (χ0) is 14.0. The molecule has 1 aromatic carbocycles. The summed E-state index contributed by atoms with van der Waals surface area (Å²) in [6.45, 7) is 6.06. The molecule has 0 fully saturated rings.